The zero-order chi connectivity index (χ0) is 11.5. The Morgan fingerprint density at radius 3 is 2.47 bits per heavy atom. The zero-order valence-electron chi connectivity index (χ0n) is 9.23. The van der Waals surface area contributed by atoms with Crippen LogP contribution >= 0.6 is 0 Å². The van der Waals surface area contributed by atoms with E-state index in [-0.39, 0.29) is 11.4 Å². The van der Waals surface area contributed by atoms with Gasteiger partial charge in [-0.1, -0.05) is 0 Å². The minimum atomic E-state index is -1.20. The maximum absolute atomic E-state index is 12.1. The average molecular weight is 228 g/mol. The molecular formula is C10H16N2O2S. The SMILES string of the molecule is CC(C)(C)S(=O)c1nccnc1CCO. The Balaban J connectivity index is 3.08. The lowest BCUT2D eigenvalue weighted by atomic mass is 10.3. The van der Waals surface area contributed by atoms with Crippen LogP contribution in [0, 0.1) is 0 Å². The van der Waals surface area contributed by atoms with Crippen molar-refractivity contribution in [2.45, 2.75) is 37.0 Å². The van der Waals surface area contributed by atoms with E-state index in [2.05, 4.69) is 9.97 Å². The first-order chi connectivity index (χ1) is 6.96. The third-order valence-electron chi connectivity index (χ3n) is 1.82. The Labute approximate surface area is 92.2 Å². The van der Waals surface area contributed by atoms with Crippen LogP contribution in [0.5, 0.6) is 0 Å². The van der Waals surface area contributed by atoms with Gasteiger partial charge >= 0.3 is 0 Å². The van der Waals surface area contributed by atoms with Crippen molar-refractivity contribution >= 4 is 10.8 Å². The number of nitrogens with zero attached hydrogens (tertiary/aromatic N) is 2. The van der Waals surface area contributed by atoms with Gasteiger partial charge < -0.3 is 5.11 Å². The van der Waals surface area contributed by atoms with E-state index >= 15 is 0 Å². The van der Waals surface area contributed by atoms with Gasteiger partial charge in [-0.25, -0.2) is 4.98 Å². The van der Waals surface area contributed by atoms with E-state index in [1.165, 1.54) is 6.20 Å². The third kappa shape index (κ3) is 3.07. The van der Waals surface area contributed by atoms with Gasteiger partial charge in [-0.05, 0) is 20.8 Å². The van der Waals surface area contributed by atoms with Crippen LogP contribution in [0.25, 0.3) is 0 Å². The van der Waals surface area contributed by atoms with Gasteiger partial charge in [0.15, 0.2) is 0 Å². The van der Waals surface area contributed by atoms with Crippen LogP contribution in [-0.4, -0.2) is 30.6 Å². The summed E-state index contributed by atoms with van der Waals surface area (Å²) in [6.45, 7) is 5.66. The molecule has 0 aromatic carbocycles. The molecule has 1 N–H and O–H groups in total. The van der Waals surface area contributed by atoms with Gasteiger partial charge in [0, 0.05) is 30.2 Å². The molecule has 1 aromatic rings. The van der Waals surface area contributed by atoms with Crippen LogP contribution in [0.3, 0.4) is 0 Å². The molecule has 1 heterocycles. The van der Waals surface area contributed by atoms with Gasteiger partial charge in [-0.2, -0.15) is 0 Å². The highest BCUT2D eigenvalue weighted by Crippen LogP contribution is 2.20. The van der Waals surface area contributed by atoms with Crippen molar-refractivity contribution < 1.29 is 9.32 Å². The summed E-state index contributed by atoms with van der Waals surface area (Å²) in [5, 5.41) is 9.35. The number of hydrogen-bond acceptors (Lipinski definition) is 4. The highest BCUT2D eigenvalue weighted by atomic mass is 32.2. The Kier molecular flexibility index (Phi) is 3.93. The largest absolute Gasteiger partial charge is 0.396 e. The van der Waals surface area contributed by atoms with E-state index < -0.39 is 10.8 Å². The van der Waals surface area contributed by atoms with Gasteiger partial charge in [0.2, 0.25) is 0 Å². The number of hydrogen-bond donors (Lipinski definition) is 1. The summed E-state index contributed by atoms with van der Waals surface area (Å²) in [6.07, 6.45) is 3.47. The minimum absolute atomic E-state index is 0.00691. The van der Waals surface area contributed by atoms with E-state index in [4.69, 9.17) is 5.11 Å². The molecule has 1 aromatic heterocycles. The molecule has 15 heavy (non-hydrogen) atoms. The third-order valence-corrected chi connectivity index (χ3v) is 3.62. The van der Waals surface area contributed by atoms with Gasteiger partial charge in [-0.3, -0.25) is 9.19 Å². The van der Waals surface area contributed by atoms with Gasteiger partial charge in [0.05, 0.1) is 16.5 Å². The molecule has 0 spiro atoms. The van der Waals surface area contributed by atoms with E-state index in [0.29, 0.717) is 17.1 Å². The van der Waals surface area contributed by atoms with Crippen LogP contribution < -0.4 is 0 Å². The predicted octanol–water partition coefficient (Wildman–Crippen LogP) is 0.917. The van der Waals surface area contributed by atoms with Gasteiger partial charge in [-0.15, -0.1) is 0 Å². The maximum atomic E-state index is 12.1. The minimum Gasteiger partial charge on any atom is -0.396 e. The zero-order valence-corrected chi connectivity index (χ0v) is 10.0. The standard InChI is InChI=1S/C10H16N2O2S/c1-10(2,3)15(14)9-8(4-7-13)11-5-6-12-9/h5-6,13H,4,7H2,1-3H3. The molecule has 1 unspecified atom stereocenters. The second kappa shape index (κ2) is 4.81. The van der Waals surface area contributed by atoms with Crippen LogP contribution in [-0.2, 0) is 17.2 Å². The number of aliphatic hydroxyl groups excluding tert-OH is 1. The molecule has 0 aliphatic rings. The van der Waals surface area contributed by atoms with Crippen molar-refractivity contribution in [1.29, 1.82) is 0 Å². The molecule has 0 fully saturated rings. The molecule has 0 amide bonds. The summed E-state index contributed by atoms with van der Waals surface area (Å²) in [4.78, 5) is 8.18. The molecule has 4 nitrogen and oxygen atoms in total. The van der Waals surface area contributed by atoms with Crippen LogP contribution in [0.4, 0.5) is 0 Å². The molecule has 0 saturated carbocycles. The first-order valence-corrected chi connectivity index (χ1v) is 5.94. The topological polar surface area (TPSA) is 63.1 Å². The molecule has 84 valence electrons. The average Bonchev–Trinajstić information content (AvgIpc) is 2.17. The monoisotopic (exact) mass is 228 g/mol. The second-order valence-electron chi connectivity index (χ2n) is 4.16. The highest BCUT2D eigenvalue weighted by molar-refractivity contribution is 7.86. The molecule has 0 aliphatic heterocycles. The number of aromatic nitrogens is 2. The molecule has 5 heteroatoms. The molecule has 1 atom stereocenters. The summed E-state index contributed by atoms with van der Waals surface area (Å²) in [5.74, 6) is 0. The lowest BCUT2D eigenvalue weighted by molar-refractivity contribution is 0.297. The van der Waals surface area contributed by atoms with E-state index in [0.717, 1.165) is 0 Å². The molecule has 0 bridgehead atoms. The fourth-order valence-corrected chi connectivity index (χ4v) is 2.18. The number of aliphatic hydroxyl groups is 1. The van der Waals surface area contributed by atoms with Crippen LogP contribution in [0.2, 0.25) is 0 Å². The lowest BCUT2D eigenvalue weighted by Crippen LogP contribution is -2.24. The molecular weight excluding hydrogens is 212 g/mol. The van der Waals surface area contributed by atoms with Crippen molar-refractivity contribution in [1.82, 2.24) is 9.97 Å². The van der Waals surface area contributed by atoms with Crippen molar-refractivity contribution in [3.05, 3.63) is 18.1 Å². The quantitative estimate of drug-likeness (QED) is 0.835. The fourth-order valence-electron chi connectivity index (χ4n) is 1.08. The van der Waals surface area contributed by atoms with E-state index in [1.54, 1.807) is 6.20 Å². The summed E-state index contributed by atoms with van der Waals surface area (Å²) in [5.41, 5.74) is 0.619. The Bertz CT molecular complexity index is 361. The van der Waals surface area contributed by atoms with Crippen molar-refractivity contribution in [2.24, 2.45) is 0 Å². The highest BCUT2D eigenvalue weighted by Gasteiger charge is 2.24. The van der Waals surface area contributed by atoms with Crippen LogP contribution in [0.15, 0.2) is 17.4 Å². The first-order valence-electron chi connectivity index (χ1n) is 4.79. The van der Waals surface area contributed by atoms with E-state index in [9.17, 15) is 4.21 Å². The maximum Gasteiger partial charge on any atom is 0.149 e. The first kappa shape index (κ1) is 12.3. The summed E-state index contributed by atoms with van der Waals surface area (Å²) in [7, 11) is -1.20. The molecule has 0 aliphatic carbocycles. The van der Waals surface area contributed by atoms with Gasteiger partial charge in [0.1, 0.15) is 5.03 Å². The Morgan fingerprint density at radius 1 is 1.33 bits per heavy atom. The fraction of sp³-hybridized carbons (Fsp3) is 0.600. The van der Waals surface area contributed by atoms with Crippen molar-refractivity contribution in [3.8, 4) is 0 Å². The molecule has 0 radical (unpaired) electrons. The van der Waals surface area contributed by atoms with Crippen molar-refractivity contribution in [3.63, 3.8) is 0 Å². The van der Waals surface area contributed by atoms with E-state index in [1.807, 2.05) is 20.8 Å². The van der Waals surface area contributed by atoms with Gasteiger partial charge in [0.25, 0.3) is 0 Å². The molecule has 1 rings (SSSR count). The molecule has 0 saturated heterocycles. The smallest absolute Gasteiger partial charge is 0.149 e. The summed E-state index contributed by atoms with van der Waals surface area (Å²) < 4.78 is 11.7. The predicted molar refractivity (Wildman–Crippen MR) is 59.0 cm³/mol. The van der Waals surface area contributed by atoms with Crippen molar-refractivity contribution in [2.75, 3.05) is 6.61 Å². The van der Waals surface area contributed by atoms with Crippen LogP contribution in [0.1, 0.15) is 26.5 Å². The Morgan fingerprint density at radius 2 is 1.93 bits per heavy atom. The summed E-state index contributed by atoms with van der Waals surface area (Å²) >= 11 is 0. The number of rotatable bonds is 3. The summed E-state index contributed by atoms with van der Waals surface area (Å²) in [6, 6.07) is 0. The normalized spacial score (nSPS) is 13.9. The second-order valence-corrected chi connectivity index (χ2v) is 6.31. The Hall–Kier alpha value is -0.810. The lowest BCUT2D eigenvalue weighted by Gasteiger charge is -2.18.